The van der Waals surface area contributed by atoms with E-state index in [9.17, 15) is 0 Å². The van der Waals surface area contributed by atoms with E-state index < -0.39 is 20.8 Å². The number of hydrogen-bond donors (Lipinski definition) is 0. The van der Waals surface area contributed by atoms with E-state index in [-0.39, 0.29) is 0 Å². The molecule has 0 spiro atoms. The second-order valence-electron chi connectivity index (χ2n) is 14.0. The van der Waals surface area contributed by atoms with E-state index in [4.69, 9.17) is 17.0 Å². The summed E-state index contributed by atoms with van der Waals surface area (Å²) in [5.41, 5.74) is 14.2. The molecule has 0 bridgehead atoms. The Labute approximate surface area is 325 Å². The van der Waals surface area contributed by atoms with Crippen molar-refractivity contribution >= 4 is 48.1 Å². The second kappa shape index (κ2) is 21.3. The average Bonchev–Trinajstić information content (AvgIpc) is 3.68. The minimum atomic E-state index is -0.826. The van der Waals surface area contributed by atoms with Crippen molar-refractivity contribution in [1.29, 1.82) is 0 Å². The Kier molecular flexibility index (Phi) is 18.0. The third kappa shape index (κ3) is 11.4. The Morgan fingerprint density at radius 3 is 1.26 bits per heavy atom. The Morgan fingerprint density at radius 1 is 0.600 bits per heavy atom. The zero-order valence-corrected chi connectivity index (χ0v) is 36.9. The summed E-state index contributed by atoms with van der Waals surface area (Å²) in [5, 5.41) is 5.58. The molecule has 50 heavy (non-hydrogen) atoms. The fraction of sp³-hybridized carbons (Fsp3) is 0.348. The van der Waals surface area contributed by atoms with Gasteiger partial charge in [-0.2, -0.15) is 12.1 Å². The third-order valence-corrected chi connectivity index (χ3v) is 8.94. The van der Waals surface area contributed by atoms with Crippen LogP contribution in [0.1, 0.15) is 74.9 Å². The Balaban J connectivity index is 0.000000234. The summed E-state index contributed by atoms with van der Waals surface area (Å²) < 4.78 is 0. The van der Waals surface area contributed by atoms with Crippen LogP contribution in [0, 0.1) is 25.7 Å². The summed E-state index contributed by atoms with van der Waals surface area (Å²) >= 11 is -0.826. The molecular weight excluding hydrogens is 743 g/mol. The van der Waals surface area contributed by atoms with Gasteiger partial charge in [0.1, 0.15) is 0 Å². The predicted octanol–water partition coefficient (Wildman–Crippen LogP) is 14.8. The van der Waals surface area contributed by atoms with Gasteiger partial charge >= 0.3 is 37.9 Å². The van der Waals surface area contributed by atoms with E-state index in [0.717, 1.165) is 35.2 Å². The summed E-state index contributed by atoms with van der Waals surface area (Å²) in [6, 6.07) is 36.3. The van der Waals surface area contributed by atoms with E-state index in [1.54, 1.807) is 0 Å². The molecule has 2 radical (unpaired) electrons. The van der Waals surface area contributed by atoms with Crippen LogP contribution >= 0.6 is 17.0 Å². The normalized spacial score (nSPS) is 10.7. The zero-order valence-electron chi connectivity index (χ0n) is 32.0. The molecule has 0 unspecified atom stereocenters. The van der Waals surface area contributed by atoms with Gasteiger partial charge in [0, 0.05) is 9.52 Å². The predicted molar refractivity (Wildman–Crippen MR) is 224 cm³/mol. The van der Waals surface area contributed by atoms with Gasteiger partial charge in [-0.3, -0.25) is 0 Å². The fourth-order valence-corrected chi connectivity index (χ4v) is 6.94. The maximum absolute atomic E-state index is 4.93. The van der Waals surface area contributed by atoms with Gasteiger partial charge in [-0.15, -0.1) is 69.1 Å². The minimum absolute atomic E-state index is 0.698. The summed E-state index contributed by atoms with van der Waals surface area (Å²) in [5.74, 6) is 1.40. The van der Waals surface area contributed by atoms with Crippen molar-refractivity contribution in [3.05, 3.63) is 130 Å². The van der Waals surface area contributed by atoms with Crippen LogP contribution in [-0.4, -0.2) is 9.52 Å². The first-order valence-electron chi connectivity index (χ1n) is 18.1. The van der Waals surface area contributed by atoms with Crippen LogP contribution in [-0.2, 0) is 46.5 Å². The first-order valence-corrected chi connectivity index (χ1v) is 26.4. The van der Waals surface area contributed by atoms with E-state index in [1.807, 2.05) is 0 Å². The molecule has 6 rings (SSSR count). The number of rotatable bonds is 8. The van der Waals surface area contributed by atoms with Crippen molar-refractivity contribution in [2.24, 2.45) is 11.8 Å². The van der Waals surface area contributed by atoms with Gasteiger partial charge in [-0.25, -0.2) is 0 Å². The molecule has 0 saturated carbocycles. The van der Waals surface area contributed by atoms with Gasteiger partial charge in [0.25, 0.3) is 0 Å². The molecule has 0 amide bonds. The molecule has 0 nitrogen and oxygen atoms in total. The summed E-state index contributed by atoms with van der Waals surface area (Å²) in [6.45, 7) is 22.4. The molecular formula is C46H56Cl2SiZr. The van der Waals surface area contributed by atoms with Crippen LogP contribution in [0.3, 0.4) is 0 Å². The standard InChI is InChI=1S/2C22H25.C2H6Si.2ClH.Zr/c2*1-5-18-8-6-7-9-20(18)22-16(4)10-11-19-13-17(12-15(2)3)14-21(19)22;1-3-2;;;/h2*6-11,13-15H,5,12H2,1-4H3;1-2H3;2*1H;/q2*-1;;;;+4/p-2. The SMILES string of the molecule is CCc1ccccc1-c1c(C)ccc2[cH-]c(CC(C)C)cc12.CCc1ccccc1-c1c(C)ccc2[cH-]c(CC(C)C)cc12.C[Si]C.[Cl][Zr+2][Cl]. The Morgan fingerprint density at radius 2 is 0.940 bits per heavy atom. The topological polar surface area (TPSA) is 0 Å². The number of fused-ring (bicyclic) bond motifs is 2. The summed E-state index contributed by atoms with van der Waals surface area (Å²) in [7, 11) is 11.0. The summed E-state index contributed by atoms with van der Waals surface area (Å²) in [6.07, 6.45) is 4.46. The third-order valence-electron chi connectivity index (χ3n) is 8.94. The molecule has 0 aliphatic rings. The number of benzene rings is 4. The van der Waals surface area contributed by atoms with Crippen molar-refractivity contribution in [1.82, 2.24) is 0 Å². The number of halogens is 2. The van der Waals surface area contributed by atoms with Crippen LogP contribution < -0.4 is 0 Å². The van der Waals surface area contributed by atoms with Gasteiger partial charge in [-0.1, -0.05) is 125 Å². The van der Waals surface area contributed by atoms with Crippen molar-refractivity contribution in [3.8, 4) is 22.3 Å². The molecule has 0 atom stereocenters. The molecule has 262 valence electrons. The van der Waals surface area contributed by atoms with E-state index >= 15 is 0 Å². The Bertz CT molecular complexity index is 1770. The van der Waals surface area contributed by atoms with Crippen molar-refractivity contribution in [2.75, 3.05) is 0 Å². The van der Waals surface area contributed by atoms with Crippen LogP contribution in [0.2, 0.25) is 13.1 Å². The van der Waals surface area contributed by atoms with E-state index in [2.05, 4.69) is 166 Å². The number of aryl methyl sites for hydroxylation is 4. The maximum atomic E-state index is 4.93. The van der Waals surface area contributed by atoms with E-state index in [0.29, 0.717) is 11.8 Å². The van der Waals surface area contributed by atoms with Crippen LogP contribution in [0.25, 0.3) is 43.8 Å². The molecule has 0 fully saturated rings. The quantitative estimate of drug-likeness (QED) is 0.106. The van der Waals surface area contributed by atoms with Gasteiger partial charge in [0.15, 0.2) is 0 Å². The number of hydrogen-bond acceptors (Lipinski definition) is 0. The molecule has 6 aromatic rings. The average molecular weight is 799 g/mol. The van der Waals surface area contributed by atoms with Crippen molar-refractivity contribution in [3.63, 3.8) is 0 Å². The van der Waals surface area contributed by atoms with Gasteiger partial charge in [0.05, 0.1) is 0 Å². The molecule has 4 heteroatoms. The molecule has 6 aromatic carbocycles. The molecule has 0 aromatic heterocycles. The monoisotopic (exact) mass is 796 g/mol. The molecule has 0 aliphatic heterocycles. The molecule has 0 N–H and O–H groups in total. The molecule has 0 heterocycles. The molecule has 0 aliphatic carbocycles. The fourth-order valence-electron chi connectivity index (χ4n) is 6.94. The van der Waals surface area contributed by atoms with Gasteiger partial charge < -0.3 is 0 Å². The first-order chi connectivity index (χ1) is 24.0. The first kappa shape index (κ1) is 42.2. The van der Waals surface area contributed by atoms with Gasteiger partial charge in [0.2, 0.25) is 0 Å². The van der Waals surface area contributed by atoms with Crippen molar-refractivity contribution in [2.45, 2.75) is 94.2 Å². The van der Waals surface area contributed by atoms with Crippen LogP contribution in [0.4, 0.5) is 0 Å². The van der Waals surface area contributed by atoms with Crippen LogP contribution in [0.15, 0.2) is 97.1 Å². The van der Waals surface area contributed by atoms with Crippen molar-refractivity contribution < 1.29 is 20.8 Å². The van der Waals surface area contributed by atoms with Crippen LogP contribution in [0.5, 0.6) is 0 Å². The van der Waals surface area contributed by atoms with E-state index in [1.165, 1.54) is 77.2 Å². The summed E-state index contributed by atoms with van der Waals surface area (Å²) in [4.78, 5) is 0. The second-order valence-corrected chi connectivity index (χ2v) is 18.8. The zero-order chi connectivity index (χ0) is 36.8. The van der Waals surface area contributed by atoms with Gasteiger partial charge in [-0.05, 0) is 73.6 Å². The Hall–Kier alpha value is -2.22. The molecule has 0 saturated heterocycles.